The standard InChI is InChI=1S/C21H17N5O2/c1-14-23-18-13-22-12-11-19(18)26(14)17-9-7-16(8-10-17)21(28)25-24-20(27)15-5-3-2-4-6-15/h2-13H,1H3,(H,24,27)(H,25,28). The van der Waals surface area contributed by atoms with Crippen molar-refractivity contribution in [2.24, 2.45) is 0 Å². The van der Waals surface area contributed by atoms with Crippen LogP contribution in [0.3, 0.4) is 0 Å². The number of benzene rings is 2. The number of rotatable bonds is 3. The molecular formula is C21H17N5O2. The smallest absolute Gasteiger partial charge is 0.269 e. The molecule has 28 heavy (non-hydrogen) atoms. The molecule has 0 atom stereocenters. The first kappa shape index (κ1) is 17.4. The molecule has 0 saturated heterocycles. The minimum atomic E-state index is -0.396. The maximum absolute atomic E-state index is 12.3. The van der Waals surface area contributed by atoms with Gasteiger partial charge in [0, 0.05) is 23.0 Å². The predicted octanol–water partition coefficient (Wildman–Crippen LogP) is 2.80. The Bertz CT molecular complexity index is 1150. The van der Waals surface area contributed by atoms with E-state index in [1.165, 1.54) is 0 Å². The van der Waals surface area contributed by atoms with E-state index in [0.717, 1.165) is 22.5 Å². The fraction of sp³-hybridized carbons (Fsp3) is 0.0476. The number of carbonyl (C=O) groups excluding carboxylic acids is 2. The normalized spacial score (nSPS) is 10.6. The number of hydrogen-bond donors (Lipinski definition) is 2. The summed E-state index contributed by atoms with van der Waals surface area (Å²) < 4.78 is 2.00. The number of hydrogen-bond acceptors (Lipinski definition) is 4. The van der Waals surface area contributed by atoms with Gasteiger partial charge in [-0.25, -0.2) is 4.98 Å². The van der Waals surface area contributed by atoms with Crippen LogP contribution in [-0.2, 0) is 0 Å². The van der Waals surface area contributed by atoms with Gasteiger partial charge in [-0.05, 0) is 49.4 Å². The topological polar surface area (TPSA) is 88.9 Å². The summed E-state index contributed by atoms with van der Waals surface area (Å²) in [6, 6.07) is 17.6. The number of aromatic nitrogens is 3. The van der Waals surface area contributed by atoms with E-state index in [4.69, 9.17) is 0 Å². The molecule has 2 amide bonds. The number of nitrogens with one attached hydrogen (secondary N) is 2. The first-order chi connectivity index (χ1) is 13.6. The van der Waals surface area contributed by atoms with E-state index >= 15 is 0 Å². The van der Waals surface area contributed by atoms with Crippen molar-refractivity contribution in [1.29, 1.82) is 0 Å². The van der Waals surface area contributed by atoms with E-state index in [0.29, 0.717) is 11.1 Å². The largest absolute Gasteiger partial charge is 0.296 e. The lowest BCUT2D eigenvalue weighted by atomic mass is 10.2. The number of hydrazine groups is 1. The maximum Gasteiger partial charge on any atom is 0.269 e. The quantitative estimate of drug-likeness (QED) is 0.542. The molecular weight excluding hydrogens is 354 g/mol. The third kappa shape index (κ3) is 3.33. The molecule has 7 nitrogen and oxygen atoms in total. The van der Waals surface area contributed by atoms with Crippen LogP contribution in [0, 0.1) is 6.92 Å². The predicted molar refractivity (Wildman–Crippen MR) is 105 cm³/mol. The van der Waals surface area contributed by atoms with Crippen molar-refractivity contribution >= 4 is 22.8 Å². The molecule has 2 N–H and O–H groups in total. The minimum Gasteiger partial charge on any atom is -0.296 e. The van der Waals surface area contributed by atoms with Crippen LogP contribution >= 0.6 is 0 Å². The number of carbonyl (C=O) groups is 2. The van der Waals surface area contributed by atoms with Gasteiger partial charge >= 0.3 is 0 Å². The number of fused-ring (bicyclic) bond motifs is 1. The molecule has 0 spiro atoms. The Kier molecular flexibility index (Phi) is 4.55. The van der Waals surface area contributed by atoms with Gasteiger partial charge in [0.05, 0.1) is 11.7 Å². The molecule has 0 aliphatic heterocycles. The average Bonchev–Trinajstić information content (AvgIpc) is 3.08. The fourth-order valence-electron chi connectivity index (χ4n) is 2.99. The Balaban J connectivity index is 1.49. The molecule has 138 valence electrons. The fourth-order valence-corrected chi connectivity index (χ4v) is 2.99. The summed E-state index contributed by atoms with van der Waals surface area (Å²) in [5, 5.41) is 0. The molecule has 0 saturated carbocycles. The van der Waals surface area contributed by atoms with E-state index in [1.807, 2.05) is 35.8 Å². The first-order valence-electron chi connectivity index (χ1n) is 8.69. The summed E-state index contributed by atoms with van der Waals surface area (Å²) in [7, 11) is 0. The first-order valence-corrected chi connectivity index (χ1v) is 8.69. The van der Waals surface area contributed by atoms with Crippen molar-refractivity contribution in [3.8, 4) is 5.69 Å². The highest BCUT2D eigenvalue weighted by Gasteiger charge is 2.11. The van der Waals surface area contributed by atoms with Gasteiger partial charge in [0.2, 0.25) is 0 Å². The van der Waals surface area contributed by atoms with E-state index < -0.39 is 5.91 Å². The molecule has 0 radical (unpaired) electrons. The van der Waals surface area contributed by atoms with Gasteiger partial charge in [-0.3, -0.25) is 30.0 Å². The maximum atomic E-state index is 12.3. The average molecular weight is 371 g/mol. The van der Waals surface area contributed by atoms with E-state index in [1.54, 1.807) is 48.8 Å². The van der Waals surface area contributed by atoms with E-state index in [2.05, 4.69) is 20.8 Å². The highest BCUT2D eigenvalue weighted by atomic mass is 16.2. The van der Waals surface area contributed by atoms with Gasteiger partial charge < -0.3 is 0 Å². The summed E-state index contributed by atoms with van der Waals surface area (Å²) in [5.74, 6) is 0.0576. The molecule has 0 aliphatic rings. The van der Waals surface area contributed by atoms with Crippen molar-refractivity contribution in [3.63, 3.8) is 0 Å². The van der Waals surface area contributed by atoms with Crippen molar-refractivity contribution in [2.45, 2.75) is 6.92 Å². The Morgan fingerprint density at radius 1 is 0.857 bits per heavy atom. The lowest BCUT2D eigenvalue weighted by Gasteiger charge is -2.10. The summed E-state index contributed by atoms with van der Waals surface area (Å²) >= 11 is 0. The summed E-state index contributed by atoms with van der Waals surface area (Å²) in [6.07, 6.45) is 3.44. The summed E-state index contributed by atoms with van der Waals surface area (Å²) in [5.41, 5.74) is 8.38. The molecule has 0 fully saturated rings. The van der Waals surface area contributed by atoms with Crippen molar-refractivity contribution in [3.05, 3.63) is 90.0 Å². The second kappa shape index (κ2) is 7.32. The van der Waals surface area contributed by atoms with Gasteiger partial charge in [-0.2, -0.15) is 0 Å². The third-order valence-corrected chi connectivity index (χ3v) is 4.34. The van der Waals surface area contributed by atoms with Gasteiger partial charge in [0.1, 0.15) is 11.3 Å². The highest BCUT2D eigenvalue weighted by Crippen LogP contribution is 2.20. The molecule has 4 rings (SSSR count). The second-order valence-corrected chi connectivity index (χ2v) is 6.18. The van der Waals surface area contributed by atoms with Crippen molar-refractivity contribution in [2.75, 3.05) is 0 Å². The van der Waals surface area contributed by atoms with Gasteiger partial charge in [0.15, 0.2) is 0 Å². The zero-order valence-electron chi connectivity index (χ0n) is 15.1. The molecule has 2 aromatic carbocycles. The van der Waals surface area contributed by atoms with Crippen molar-refractivity contribution < 1.29 is 9.59 Å². The minimum absolute atomic E-state index is 0.375. The summed E-state index contributed by atoms with van der Waals surface area (Å²) in [4.78, 5) is 32.9. The van der Waals surface area contributed by atoms with Crippen LogP contribution in [0.1, 0.15) is 26.5 Å². The number of pyridine rings is 1. The van der Waals surface area contributed by atoms with Crippen LogP contribution < -0.4 is 10.9 Å². The Hall–Kier alpha value is -4.00. The Morgan fingerprint density at radius 2 is 1.50 bits per heavy atom. The van der Waals surface area contributed by atoms with Crippen LogP contribution in [0.2, 0.25) is 0 Å². The van der Waals surface area contributed by atoms with Crippen LogP contribution in [0.4, 0.5) is 0 Å². The Labute approximate surface area is 161 Å². The molecule has 0 unspecified atom stereocenters. The monoisotopic (exact) mass is 371 g/mol. The molecule has 0 bridgehead atoms. The second-order valence-electron chi connectivity index (χ2n) is 6.18. The van der Waals surface area contributed by atoms with E-state index in [-0.39, 0.29) is 5.91 Å². The number of nitrogens with zero attached hydrogens (tertiary/aromatic N) is 3. The third-order valence-electron chi connectivity index (χ3n) is 4.34. The SMILES string of the molecule is Cc1nc2cnccc2n1-c1ccc(C(=O)NNC(=O)c2ccccc2)cc1. The highest BCUT2D eigenvalue weighted by molar-refractivity contribution is 5.99. The molecule has 4 aromatic rings. The number of aryl methyl sites for hydroxylation is 1. The van der Waals surface area contributed by atoms with Gasteiger partial charge in [-0.1, -0.05) is 18.2 Å². The van der Waals surface area contributed by atoms with Crippen LogP contribution in [0.15, 0.2) is 73.1 Å². The van der Waals surface area contributed by atoms with Crippen LogP contribution in [0.5, 0.6) is 0 Å². The molecule has 2 heterocycles. The zero-order valence-corrected chi connectivity index (χ0v) is 15.1. The van der Waals surface area contributed by atoms with E-state index in [9.17, 15) is 9.59 Å². The number of imidazole rings is 1. The molecule has 7 heteroatoms. The number of amides is 2. The Morgan fingerprint density at radius 3 is 2.18 bits per heavy atom. The van der Waals surface area contributed by atoms with Gasteiger partial charge in [-0.15, -0.1) is 0 Å². The molecule has 2 aromatic heterocycles. The zero-order chi connectivity index (χ0) is 19.5. The molecule has 0 aliphatic carbocycles. The lowest BCUT2D eigenvalue weighted by molar-refractivity contribution is 0.0846. The lowest BCUT2D eigenvalue weighted by Crippen LogP contribution is -2.41. The van der Waals surface area contributed by atoms with Crippen LogP contribution in [-0.4, -0.2) is 26.3 Å². The van der Waals surface area contributed by atoms with Crippen molar-refractivity contribution in [1.82, 2.24) is 25.4 Å². The van der Waals surface area contributed by atoms with Gasteiger partial charge in [0.25, 0.3) is 11.8 Å². The van der Waals surface area contributed by atoms with Crippen LogP contribution in [0.25, 0.3) is 16.7 Å². The summed E-state index contributed by atoms with van der Waals surface area (Å²) in [6.45, 7) is 1.92.